The van der Waals surface area contributed by atoms with Crippen LogP contribution in [0.3, 0.4) is 0 Å². The van der Waals surface area contributed by atoms with Crippen LogP contribution in [0.4, 0.5) is 0 Å². The zero-order valence-corrected chi connectivity index (χ0v) is 7.58. The van der Waals surface area contributed by atoms with Crippen molar-refractivity contribution in [2.24, 2.45) is 11.3 Å². The smallest absolute Gasteiger partial charge is 0.309 e. The minimum atomic E-state index is -0.812. The molecular weight excluding hydrogens is 156 g/mol. The highest BCUT2D eigenvalue weighted by Gasteiger charge is 2.42. The molecule has 2 unspecified atom stereocenters. The average Bonchev–Trinajstić information content (AvgIpc) is 2.35. The molecule has 0 aliphatic heterocycles. The second-order valence-corrected chi connectivity index (χ2v) is 4.13. The molecule has 0 aromatic carbocycles. The van der Waals surface area contributed by atoms with Gasteiger partial charge in [-0.3, -0.25) is 4.79 Å². The Hall–Kier alpha value is -0.570. The summed E-state index contributed by atoms with van der Waals surface area (Å²) in [5.41, 5.74) is -0.782. The van der Waals surface area contributed by atoms with Gasteiger partial charge < -0.3 is 10.2 Å². The van der Waals surface area contributed by atoms with E-state index in [1.807, 2.05) is 0 Å². The lowest BCUT2D eigenvalue weighted by Gasteiger charge is -2.29. The molecule has 1 saturated carbocycles. The van der Waals surface area contributed by atoms with Crippen molar-refractivity contribution >= 4 is 5.97 Å². The Labute approximate surface area is 72.4 Å². The van der Waals surface area contributed by atoms with Gasteiger partial charge in [-0.25, -0.2) is 0 Å². The van der Waals surface area contributed by atoms with Gasteiger partial charge in [-0.2, -0.15) is 0 Å². The van der Waals surface area contributed by atoms with Crippen molar-refractivity contribution in [3.63, 3.8) is 0 Å². The first-order valence-electron chi connectivity index (χ1n) is 4.37. The van der Waals surface area contributed by atoms with E-state index in [-0.39, 0.29) is 5.92 Å². The normalized spacial score (nSPS) is 30.6. The SMILES string of the molecule is CC(C)(C(=O)O)C1CCCC1O. The lowest BCUT2D eigenvalue weighted by molar-refractivity contribution is -0.152. The highest BCUT2D eigenvalue weighted by Crippen LogP contribution is 2.39. The van der Waals surface area contributed by atoms with Gasteiger partial charge in [0, 0.05) is 5.92 Å². The van der Waals surface area contributed by atoms with Gasteiger partial charge in [0.05, 0.1) is 11.5 Å². The summed E-state index contributed by atoms with van der Waals surface area (Å²) in [6.07, 6.45) is 2.11. The lowest BCUT2D eigenvalue weighted by Crippen LogP contribution is -2.36. The highest BCUT2D eigenvalue weighted by atomic mass is 16.4. The zero-order valence-electron chi connectivity index (χ0n) is 7.58. The predicted octanol–water partition coefficient (Wildman–Crippen LogP) is 1.26. The lowest BCUT2D eigenvalue weighted by atomic mass is 9.77. The molecule has 0 spiro atoms. The first-order valence-corrected chi connectivity index (χ1v) is 4.37. The van der Waals surface area contributed by atoms with E-state index in [4.69, 9.17) is 5.11 Å². The van der Waals surface area contributed by atoms with Crippen LogP contribution in [0.2, 0.25) is 0 Å². The molecule has 3 nitrogen and oxygen atoms in total. The summed E-state index contributed by atoms with van der Waals surface area (Å²) < 4.78 is 0. The van der Waals surface area contributed by atoms with E-state index >= 15 is 0 Å². The maximum atomic E-state index is 10.8. The van der Waals surface area contributed by atoms with Gasteiger partial charge in [-0.1, -0.05) is 6.42 Å². The van der Waals surface area contributed by atoms with Crippen LogP contribution in [-0.4, -0.2) is 22.3 Å². The molecular formula is C9H16O3. The summed E-state index contributed by atoms with van der Waals surface area (Å²) in [7, 11) is 0. The minimum Gasteiger partial charge on any atom is -0.481 e. The van der Waals surface area contributed by atoms with Crippen molar-refractivity contribution < 1.29 is 15.0 Å². The number of carboxylic acid groups (broad SMARTS) is 1. The monoisotopic (exact) mass is 172 g/mol. The Balaban J connectivity index is 2.73. The molecule has 1 aliphatic rings. The Bertz CT molecular complexity index is 186. The van der Waals surface area contributed by atoms with E-state index < -0.39 is 17.5 Å². The van der Waals surface area contributed by atoms with Crippen LogP contribution >= 0.6 is 0 Å². The second kappa shape index (κ2) is 3.05. The molecule has 0 aromatic rings. The number of carbonyl (C=O) groups is 1. The molecule has 0 radical (unpaired) electrons. The fourth-order valence-corrected chi connectivity index (χ4v) is 1.94. The Morgan fingerprint density at radius 3 is 2.33 bits per heavy atom. The molecule has 0 aromatic heterocycles. The quantitative estimate of drug-likeness (QED) is 0.659. The number of rotatable bonds is 2. The first-order chi connectivity index (χ1) is 5.46. The number of aliphatic carboxylic acids is 1. The second-order valence-electron chi connectivity index (χ2n) is 4.13. The summed E-state index contributed by atoms with van der Waals surface area (Å²) >= 11 is 0. The van der Waals surface area contributed by atoms with Crippen LogP contribution in [0.1, 0.15) is 33.1 Å². The van der Waals surface area contributed by atoms with Gasteiger partial charge in [-0.05, 0) is 26.7 Å². The van der Waals surface area contributed by atoms with E-state index in [1.54, 1.807) is 13.8 Å². The number of carboxylic acids is 1. The van der Waals surface area contributed by atoms with Gasteiger partial charge in [-0.15, -0.1) is 0 Å². The summed E-state index contributed by atoms with van der Waals surface area (Å²) in [5, 5.41) is 18.4. The molecule has 0 heterocycles. The topological polar surface area (TPSA) is 57.5 Å². The molecule has 2 N–H and O–H groups in total. The third kappa shape index (κ3) is 1.46. The van der Waals surface area contributed by atoms with Crippen molar-refractivity contribution in [1.82, 2.24) is 0 Å². The van der Waals surface area contributed by atoms with E-state index in [0.717, 1.165) is 19.3 Å². The number of hydrogen-bond donors (Lipinski definition) is 2. The van der Waals surface area contributed by atoms with Crippen molar-refractivity contribution in [2.45, 2.75) is 39.2 Å². The van der Waals surface area contributed by atoms with E-state index in [1.165, 1.54) is 0 Å². The van der Waals surface area contributed by atoms with Gasteiger partial charge in [0.15, 0.2) is 0 Å². The zero-order chi connectivity index (χ0) is 9.35. The third-order valence-electron chi connectivity index (χ3n) is 2.96. The molecule has 1 aliphatic carbocycles. The summed E-state index contributed by atoms with van der Waals surface area (Å²) in [4.78, 5) is 10.8. The summed E-state index contributed by atoms with van der Waals surface area (Å²) in [6, 6.07) is 0. The standard InChI is InChI=1S/C9H16O3/c1-9(2,8(11)12)6-4-3-5-7(6)10/h6-7,10H,3-5H2,1-2H3,(H,11,12). The van der Waals surface area contributed by atoms with Crippen LogP contribution in [0.25, 0.3) is 0 Å². The Morgan fingerprint density at radius 1 is 1.42 bits per heavy atom. The maximum absolute atomic E-state index is 10.8. The minimum absolute atomic E-state index is 0.0741. The molecule has 70 valence electrons. The van der Waals surface area contributed by atoms with Crippen molar-refractivity contribution in [2.75, 3.05) is 0 Å². The van der Waals surface area contributed by atoms with Crippen LogP contribution < -0.4 is 0 Å². The highest BCUT2D eigenvalue weighted by molar-refractivity contribution is 5.74. The summed E-state index contributed by atoms with van der Waals surface area (Å²) in [6.45, 7) is 3.38. The van der Waals surface area contributed by atoms with Crippen LogP contribution in [0.5, 0.6) is 0 Å². The van der Waals surface area contributed by atoms with Crippen LogP contribution in [-0.2, 0) is 4.79 Å². The van der Waals surface area contributed by atoms with Crippen molar-refractivity contribution in [1.29, 1.82) is 0 Å². The summed E-state index contributed by atoms with van der Waals surface area (Å²) in [5.74, 6) is -0.886. The third-order valence-corrected chi connectivity index (χ3v) is 2.96. The van der Waals surface area contributed by atoms with Crippen LogP contribution in [0, 0.1) is 11.3 Å². The van der Waals surface area contributed by atoms with Crippen molar-refractivity contribution in [3.05, 3.63) is 0 Å². The van der Waals surface area contributed by atoms with Gasteiger partial charge >= 0.3 is 5.97 Å². The molecule has 0 bridgehead atoms. The van der Waals surface area contributed by atoms with Gasteiger partial charge in [0.2, 0.25) is 0 Å². The van der Waals surface area contributed by atoms with Gasteiger partial charge in [0.25, 0.3) is 0 Å². The van der Waals surface area contributed by atoms with Crippen molar-refractivity contribution in [3.8, 4) is 0 Å². The maximum Gasteiger partial charge on any atom is 0.309 e. The Morgan fingerprint density at radius 2 is 2.00 bits per heavy atom. The molecule has 2 atom stereocenters. The van der Waals surface area contributed by atoms with Crippen LogP contribution in [0.15, 0.2) is 0 Å². The van der Waals surface area contributed by atoms with E-state index in [2.05, 4.69) is 0 Å². The van der Waals surface area contributed by atoms with E-state index in [0.29, 0.717) is 0 Å². The molecule has 3 heteroatoms. The van der Waals surface area contributed by atoms with E-state index in [9.17, 15) is 9.90 Å². The average molecular weight is 172 g/mol. The number of aliphatic hydroxyl groups excluding tert-OH is 1. The number of aliphatic hydroxyl groups is 1. The largest absolute Gasteiger partial charge is 0.481 e. The fourth-order valence-electron chi connectivity index (χ4n) is 1.94. The molecule has 0 saturated heterocycles. The molecule has 1 fully saturated rings. The fraction of sp³-hybridized carbons (Fsp3) is 0.889. The molecule has 0 amide bonds. The Kier molecular flexibility index (Phi) is 2.42. The first kappa shape index (κ1) is 9.52. The number of hydrogen-bond acceptors (Lipinski definition) is 2. The predicted molar refractivity (Wildman–Crippen MR) is 44.8 cm³/mol. The van der Waals surface area contributed by atoms with Gasteiger partial charge in [0.1, 0.15) is 0 Å². The molecule has 12 heavy (non-hydrogen) atoms. The molecule has 1 rings (SSSR count).